The van der Waals surface area contributed by atoms with E-state index in [1.165, 1.54) is 11.3 Å². The van der Waals surface area contributed by atoms with Crippen LogP contribution in [0.1, 0.15) is 22.7 Å². The van der Waals surface area contributed by atoms with Gasteiger partial charge in [-0.25, -0.2) is 4.39 Å². The van der Waals surface area contributed by atoms with E-state index in [0.717, 1.165) is 23.8 Å². The molecule has 1 fully saturated rings. The second-order valence-electron chi connectivity index (χ2n) is 5.47. The Balaban J connectivity index is 2.11. The van der Waals surface area contributed by atoms with E-state index in [4.69, 9.17) is 0 Å². The van der Waals surface area contributed by atoms with Crippen molar-refractivity contribution in [3.05, 3.63) is 57.5 Å². The van der Waals surface area contributed by atoms with Gasteiger partial charge in [-0.1, -0.05) is 0 Å². The lowest BCUT2D eigenvalue weighted by Crippen LogP contribution is -2.45. The Labute approximate surface area is 135 Å². The lowest BCUT2D eigenvalue weighted by atomic mass is 9.93. The Morgan fingerprint density at radius 2 is 1.87 bits per heavy atom. The van der Waals surface area contributed by atoms with Crippen molar-refractivity contribution in [3.8, 4) is 0 Å². The van der Waals surface area contributed by atoms with Crippen LogP contribution >= 0.6 is 11.3 Å². The average Bonchev–Trinajstić information content (AvgIpc) is 3.01. The summed E-state index contributed by atoms with van der Waals surface area (Å²) in [7, 11) is 0. The molecule has 0 radical (unpaired) electrons. The molecule has 0 spiro atoms. The molecular formula is C16H16F4N2S. The van der Waals surface area contributed by atoms with Crippen LogP contribution in [0.25, 0.3) is 0 Å². The SMILES string of the molecule is Fc1ccc(C(F)(F)F)c([C@@H](c2ccsc2)N2CCNCC2)c1. The van der Waals surface area contributed by atoms with Crippen molar-refractivity contribution in [2.24, 2.45) is 0 Å². The van der Waals surface area contributed by atoms with Gasteiger partial charge in [-0.3, -0.25) is 4.90 Å². The minimum absolute atomic E-state index is 0.0159. The highest BCUT2D eigenvalue weighted by atomic mass is 32.1. The molecule has 1 aliphatic rings. The normalized spacial score (nSPS) is 18.1. The number of nitrogens with zero attached hydrogens (tertiary/aromatic N) is 1. The largest absolute Gasteiger partial charge is 0.416 e. The smallest absolute Gasteiger partial charge is 0.314 e. The van der Waals surface area contributed by atoms with Gasteiger partial charge in [-0.05, 0) is 46.2 Å². The summed E-state index contributed by atoms with van der Waals surface area (Å²) < 4.78 is 53.9. The zero-order chi connectivity index (χ0) is 16.4. The zero-order valence-electron chi connectivity index (χ0n) is 12.2. The first kappa shape index (κ1) is 16.4. The summed E-state index contributed by atoms with van der Waals surface area (Å²) in [6.45, 7) is 2.65. The minimum atomic E-state index is -4.51. The van der Waals surface area contributed by atoms with Crippen molar-refractivity contribution in [2.45, 2.75) is 12.2 Å². The van der Waals surface area contributed by atoms with E-state index in [9.17, 15) is 17.6 Å². The average molecular weight is 344 g/mol. The third-order valence-corrected chi connectivity index (χ3v) is 4.69. The van der Waals surface area contributed by atoms with Crippen LogP contribution in [0.3, 0.4) is 0 Å². The molecule has 2 aromatic rings. The molecule has 0 bridgehead atoms. The molecule has 0 amide bonds. The number of rotatable bonds is 3. The highest BCUT2D eigenvalue weighted by Gasteiger charge is 2.37. The maximum Gasteiger partial charge on any atom is 0.416 e. The molecule has 1 atom stereocenters. The monoisotopic (exact) mass is 344 g/mol. The van der Waals surface area contributed by atoms with Gasteiger partial charge in [-0.15, -0.1) is 0 Å². The van der Waals surface area contributed by atoms with Crippen molar-refractivity contribution in [1.82, 2.24) is 10.2 Å². The second kappa shape index (κ2) is 6.59. The van der Waals surface area contributed by atoms with Crippen LogP contribution in [0.15, 0.2) is 35.0 Å². The number of halogens is 4. The molecule has 7 heteroatoms. The van der Waals surface area contributed by atoms with E-state index < -0.39 is 23.6 Å². The summed E-state index contributed by atoms with van der Waals surface area (Å²) in [5.41, 5.74) is -0.0144. The molecule has 1 saturated heterocycles. The summed E-state index contributed by atoms with van der Waals surface area (Å²) in [5, 5.41) is 6.85. The number of nitrogens with one attached hydrogen (secondary N) is 1. The Morgan fingerprint density at radius 3 is 2.48 bits per heavy atom. The van der Waals surface area contributed by atoms with Crippen molar-refractivity contribution < 1.29 is 17.6 Å². The second-order valence-corrected chi connectivity index (χ2v) is 6.25. The first-order valence-corrected chi connectivity index (χ1v) is 8.24. The molecular weight excluding hydrogens is 328 g/mol. The van der Waals surface area contributed by atoms with Crippen molar-refractivity contribution >= 4 is 11.3 Å². The van der Waals surface area contributed by atoms with E-state index in [-0.39, 0.29) is 5.56 Å². The third kappa shape index (κ3) is 3.57. The molecule has 1 N–H and O–H groups in total. The Hall–Kier alpha value is -1.44. The lowest BCUT2D eigenvalue weighted by Gasteiger charge is -2.36. The molecule has 2 heterocycles. The number of alkyl halides is 3. The summed E-state index contributed by atoms with van der Waals surface area (Å²) >= 11 is 1.43. The first-order chi connectivity index (χ1) is 11.0. The van der Waals surface area contributed by atoms with Gasteiger partial charge in [0.05, 0.1) is 11.6 Å². The van der Waals surface area contributed by atoms with Crippen LogP contribution in [0.2, 0.25) is 0 Å². The first-order valence-electron chi connectivity index (χ1n) is 7.30. The van der Waals surface area contributed by atoms with Gasteiger partial charge in [-0.2, -0.15) is 24.5 Å². The molecule has 0 aliphatic carbocycles. The fourth-order valence-electron chi connectivity index (χ4n) is 2.98. The molecule has 124 valence electrons. The number of thiophene rings is 1. The maximum absolute atomic E-state index is 13.7. The minimum Gasteiger partial charge on any atom is -0.314 e. The van der Waals surface area contributed by atoms with Crippen molar-refractivity contribution in [3.63, 3.8) is 0 Å². The summed E-state index contributed by atoms with van der Waals surface area (Å²) in [6.07, 6.45) is -4.51. The van der Waals surface area contributed by atoms with E-state index in [1.807, 2.05) is 21.7 Å². The lowest BCUT2D eigenvalue weighted by molar-refractivity contribution is -0.138. The maximum atomic E-state index is 13.7. The van der Waals surface area contributed by atoms with E-state index in [2.05, 4.69) is 5.32 Å². The van der Waals surface area contributed by atoms with Gasteiger partial charge in [0, 0.05) is 26.2 Å². The van der Waals surface area contributed by atoms with Gasteiger partial charge in [0.2, 0.25) is 0 Å². The molecule has 1 aromatic carbocycles. The predicted octanol–water partition coefficient (Wildman–Crippen LogP) is 3.90. The van der Waals surface area contributed by atoms with Crippen LogP contribution in [0, 0.1) is 5.82 Å². The quantitative estimate of drug-likeness (QED) is 0.850. The molecule has 3 rings (SSSR count). The summed E-state index contributed by atoms with van der Waals surface area (Å²) in [6, 6.07) is 3.95. The third-order valence-electron chi connectivity index (χ3n) is 3.99. The molecule has 1 aromatic heterocycles. The van der Waals surface area contributed by atoms with E-state index >= 15 is 0 Å². The fraction of sp³-hybridized carbons (Fsp3) is 0.375. The van der Waals surface area contributed by atoms with Gasteiger partial charge < -0.3 is 5.32 Å². The van der Waals surface area contributed by atoms with Crippen LogP contribution in [-0.2, 0) is 6.18 Å². The van der Waals surface area contributed by atoms with Crippen LogP contribution in [-0.4, -0.2) is 31.1 Å². The number of hydrogen-bond acceptors (Lipinski definition) is 3. The van der Waals surface area contributed by atoms with E-state index in [1.54, 1.807) is 0 Å². The summed E-state index contributed by atoms with van der Waals surface area (Å²) in [5.74, 6) is -0.650. The van der Waals surface area contributed by atoms with Gasteiger partial charge in [0.25, 0.3) is 0 Å². The van der Waals surface area contributed by atoms with E-state index in [0.29, 0.717) is 26.2 Å². The molecule has 0 saturated carbocycles. The number of piperazine rings is 1. The standard InChI is InChI=1S/C16H16F4N2S/c17-12-1-2-14(16(18,19)20)13(9-12)15(11-3-8-23-10-11)22-6-4-21-5-7-22/h1-3,8-10,15,21H,4-7H2/t15-/m1/s1. The molecule has 23 heavy (non-hydrogen) atoms. The number of benzene rings is 1. The highest BCUT2D eigenvalue weighted by molar-refractivity contribution is 7.08. The fourth-order valence-corrected chi connectivity index (χ4v) is 3.65. The molecule has 2 nitrogen and oxygen atoms in total. The number of hydrogen-bond donors (Lipinski definition) is 1. The van der Waals surface area contributed by atoms with Gasteiger partial charge in [0.1, 0.15) is 5.82 Å². The van der Waals surface area contributed by atoms with Crippen molar-refractivity contribution in [1.29, 1.82) is 0 Å². The predicted molar refractivity (Wildman–Crippen MR) is 82.0 cm³/mol. The topological polar surface area (TPSA) is 15.3 Å². The van der Waals surface area contributed by atoms with Crippen LogP contribution in [0.5, 0.6) is 0 Å². The van der Waals surface area contributed by atoms with Crippen LogP contribution in [0.4, 0.5) is 17.6 Å². The highest BCUT2D eigenvalue weighted by Crippen LogP contribution is 2.40. The molecule has 1 aliphatic heterocycles. The Bertz CT molecular complexity index is 649. The van der Waals surface area contributed by atoms with Gasteiger partial charge >= 0.3 is 6.18 Å². The van der Waals surface area contributed by atoms with Gasteiger partial charge in [0.15, 0.2) is 0 Å². The van der Waals surface area contributed by atoms with Crippen LogP contribution < -0.4 is 5.32 Å². The Morgan fingerprint density at radius 1 is 1.13 bits per heavy atom. The molecule has 0 unspecified atom stereocenters. The van der Waals surface area contributed by atoms with Crippen molar-refractivity contribution in [2.75, 3.05) is 26.2 Å². The zero-order valence-corrected chi connectivity index (χ0v) is 13.1. The Kier molecular flexibility index (Phi) is 4.70. The summed E-state index contributed by atoms with van der Waals surface area (Å²) in [4.78, 5) is 1.97.